The molecule has 31 heavy (non-hydrogen) atoms. The number of nitrogens with one attached hydrogen (secondary N) is 1. The second kappa shape index (κ2) is 7.16. The van der Waals surface area contributed by atoms with Crippen LogP contribution < -0.4 is 5.32 Å². The highest BCUT2D eigenvalue weighted by Crippen LogP contribution is 2.29. The summed E-state index contributed by atoms with van der Waals surface area (Å²) in [5.74, 6) is -1.47. The van der Waals surface area contributed by atoms with Crippen molar-refractivity contribution >= 4 is 23.4 Å². The number of benzene rings is 2. The van der Waals surface area contributed by atoms with E-state index in [9.17, 15) is 18.8 Å². The van der Waals surface area contributed by atoms with E-state index in [1.807, 2.05) is 0 Å². The smallest absolute Gasteiger partial charge is 0.276 e. The van der Waals surface area contributed by atoms with E-state index in [0.29, 0.717) is 22.6 Å². The minimum Gasteiger partial charge on any atom is -0.321 e. The highest BCUT2D eigenvalue weighted by atomic mass is 19.1. The summed E-state index contributed by atoms with van der Waals surface area (Å²) in [6.07, 6.45) is 3.48. The lowest BCUT2D eigenvalue weighted by Gasteiger charge is -2.14. The first-order valence-corrected chi connectivity index (χ1v) is 10.1. The van der Waals surface area contributed by atoms with Crippen LogP contribution in [0.4, 0.5) is 10.1 Å². The van der Waals surface area contributed by atoms with Crippen LogP contribution in [0.15, 0.2) is 42.5 Å². The van der Waals surface area contributed by atoms with Crippen LogP contribution in [0.2, 0.25) is 0 Å². The highest BCUT2D eigenvalue weighted by molar-refractivity contribution is 6.21. The first-order valence-electron chi connectivity index (χ1n) is 10.1. The van der Waals surface area contributed by atoms with Gasteiger partial charge in [0.25, 0.3) is 17.7 Å². The van der Waals surface area contributed by atoms with Crippen LogP contribution in [-0.4, -0.2) is 39.4 Å². The molecule has 0 fully saturated rings. The van der Waals surface area contributed by atoms with Crippen LogP contribution >= 0.6 is 0 Å². The lowest BCUT2D eigenvalue weighted by atomic mass is 9.95. The molecule has 0 bridgehead atoms. The molecule has 0 atom stereocenters. The van der Waals surface area contributed by atoms with Crippen molar-refractivity contribution in [2.45, 2.75) is 25.7 Å². The van der Waals surface area contributed by atoms with Crippen molar-refractivity contribution in [1.29, 1.82) is 0 Å². The van der Waals surface area contributed by atoms with Crippen molar-refractivity contribution in [1.82, 2.24) is 14.7 Å². The number of halogens is 1. The molecule has 8 heteroatoms. The largest absolute Gasteiger partial charge is 0.321 e. The molecule has 5 rings (SSSR count). The number of carbonyl (C=O) groups is 3. The number of anilines is 1. The Hall–Kier alpha value is -3.81. The predicted octanol–water partition coefficient (Wildman–Crippen LogP) is 3.37. The van der Waals surface area contributed by atoms with Gasteiger partial charge in [0.15, 0.2) is 5.69 Å². The highest BCUT2D eigenvalue weighted by Gasteiger charge is 2.33. The molecule has 3 aromatic rings. The van der Waals surface area contributed by atoms with Gasteiger partial charge in [-0.1, -0.05) is 0 Å². The van der Waals surface area contributed by atoms with Crippen LogP contribution in [0.5, 0.6) is 0 Å². The molecule has 1 aromatic heterocycles. The third kappa shape index (κ3) is 3.11. The Morgan fingerprint density at radius 2 is 1.71 bits per heavy atom. The Morgan fingerprint density at radius 1 is 1.00 bits per heavy atom. The number of imide groups is 1. The maximum Gasteiger partial charge on any atom is 0.276 e. The van der Waals surface area contributed by atoms with E-state index < -0.39 is 5.91 Å². The van der Waals surface area contributed by atoms with Crippen molar-refractivity contribution in [2.75, 3.05) is 12.4 Å². The fourth-order valence-electron chi connectivity index (χ4n) is 4.21. The molecule has 0 saturated heterocycles. The summed E-state index contributed by atoms with van der Waals surface area (Å²) in [4.78, 5) is 38.4. The van der Waals surface area contributed by atoms with Gasteiger partial charge in [-0.05, 0) is 68.1 Å². The number of hydrogen-bond acceptors (Lipinski definition) is 4. The number of fused-ring (bicyclic) bond motifs is 2. The summed E-state index contributed by atoms with van der Waals surface area (Å²) < 4.78 is 15.1. The molecule has 3 amide bonds. The van der Waals surface area contributed by atoms with Gasteiger partial charge in [-0.25, -0.2) is 9.07 Å². The lowest BCUT2D eigenvalue weighted by Crippen LogP contribution is -2.24. The molecular formula is C23H19FN4O3. The van der Waals surface area contributed by atoms with Gasteiger partial charge in [0.2, 0.25) is 0 Å². The molecular weight excluding hydrogens is 399 g/mol. The Labute approximate surface area is 177 Å². The SMILES string of the molecule is CN1C(=O)c2ccc(NC(=O)c3nn(-c4ccc(F)cc4)c4c3CCCC4)cc2C1=O. The maximum absolute atomic E-state index is 13.3. The number of aromatic nitrogens is 2. The Morgan fingerprint density at radius 3 is 2.48 bits per heavy atom. The van der Waals surface area contributed by atoms with E-state index in [2.05, 4.69) is 10.4 Å². The van der Waals surface area contributed by atoms with Crippen LogP contribution in [0.3, 0.4) is 0 Å². The topological polar surface area (TPSA) is 84.3 Å². The molecule has 156 valence electrons. The first-order chi connectivity index (χ1) is 14.9. The number of amides is 3. The Balaban J connectivity index is 1.49. The summed E-state index contributed by atoms with van der Waals surface area (Å²) in [5, 5.41) is 7.36. The number of hydrogen-bond donors (Lipinski definition) is 1. The van der Waals surface area contributed by atoms with E-state index in [0.717, 1.165) is 41.8 Å². The molecule has 0 saturated carbocycles. The number of nitrogens with zero attached hydrogens (tertiary/aromatic N) is 3. The molecule has 0 spiro atoms. The van der Waals surface area contributed by atoms with E-state index in [4.69, 9.17) is 0 Å². The molecule has 2 aliphatic rings. The standard InChI is InChI=1S/C23H19FN4O3/c1-27-22(30)16-11-8-14(12-18(16)23(27)31)25-21(29)20-17-4-2-3-5-19(17)28(26-20)15-9-6-13(24)7-10-15/h6-12H,2-5H2,1H3,(H,25,29). The molecule has 1 aliphatic carbocycles. The average molecular weight is 418 g/mol. The van der Waals surface area contributed by atoms with Gasteiger partial charge in [0.1, 0.15) is 5.82 Å². The summed E-state index contributed by atoms with van der Waals surface area (Å²) >= 11 is 0. The normalized spacial score (nSPS) is 15.1. The molecule has 2 heterocycles. The van der Waals surface area contributed by atoms with Gasteiger partial charge in [-0.3, -0.25) is 19.3 Å². The summed E-state index contributed by atoms with van der Waals surface area (Å²) in [6.45, 7) is 0. The van der Waals surface area contributed by atoms with Gasteiger partial charge >= 0.3 is 0 Å². The second-order valence-corrected chi connectivity index (χ2v) is 7.75. The van der Waals surface area contributed by atoms with Gasteiger partial charge in [-0.2, -0.15) is 5.10 Å². The van der Waals surface area contributed by atoms with Crippen LogP contribution in [0.1, 0.15) is 55.3 Å². The molecule has 1 aliphatic heterocycles. The Bertz CT molecular complexity index is 1250. The van der Waals surface area contributed by atoms with Crippen molar-refractivity contribution in [2.24, 2.45) is 0 Å². The van der Waals surface area contributed by atoms with Crippen molar-refractivity contribution in [3.05, 3.63) is 76.4 Å². The maximum atomic E-state index is 13.3. The quantitative estimate of drug-likeness (QED) is 0.661. The molecule has 1 N–H and O–H groups in total. The minimum absolute atomic E-state index is 0.268. The van der Waals surface area contributed by atoms with E-state index in [1.54, 1.807) is 28.9 Å². The van der Waals surface area contributed by atoms with Gasteiger partial charge in [-0.15, -0.1) is 0 Å². The van der Waals surface area contributed by atoms with Gasteiger partial charge in [0.05, 0.1) is 16.8 Å². The van der Waals surface area contributed by atoms with Gasteiger partial charge < -0.3 is 5.32 Å². The minimum atomic E-state index is -0.394. The van der Waals surface area contributed by atoms with E-state index in [-0.39, 0.29) is 23.2 Å². The summed E-state index contributed by atoms with van der Waals surface area (Å²) in [7, 11) is 1.43. The molecule has 0 unspecified atom stereocenters. The average Bonchev–Trinajstić information content (AvgIpc) is 3.26. The summed E-state index contributed by atoms with van der Waals surface area (Å²) in [6, 6.07) is 10.7. The third-order valence-electron chi connectivity index (χ3n) is 5.81. The van der Waals surface area contributed by atoms with Crippen molar-refractivity contribution in [3.8, 4) is 5.69 Å². The molecule has 2 aromatic carbocycles. The van der Waals surface area contributed by atoms with Crippen LogP contribution in [0.25, 0.3) is 5.69 Å². The monoisotopic (exact) mass is 418 g/mol. The van der Waals surface area contributed by atoms with Crippen LogP contribution in [0, 0.1) is 5.82 Å². The summed E-state index contributed by atoms with van der Waals surface area (Å²) in [5.41, 5.74) is 3.87. The first kappa shape index (κ1) is 19.2. The van der Waals surface area contributed by atoms with Gasteiger partial charge in [0, 0.05) is 24.0 Å². The fraction of sp³-hybridized carbons (Fsp3) is 0.217. The van der Waals surface area contributed by atoms with Crippen LogP contribution in [-0.2, 0) is 12.8 Å². The van der Waals surface area contributed by atoms with Crippen molar-refractivity contribution < 1.29 is 18.8 Å². The van der Waals surface area contributed by atoms with E-state index >= 15 is 0 Å². The molecule has 7 nitrogen and oxygen atoms in total. The lowest BCUT2D eigenvalue weighted by molar-refractivity contribution is 0.0692. The molecule has 0 radical (unpaired) electrons. The zero-order chi connectivity index (χ0) is 21.7. The zero-order valence-electron chi connectivity index (χ0n) is 16.8. The third-order valence-corrected chi connectivity index (χ3v) is 5.81. The number of carbonyl (C=O) groups excluding carboxylic acids is 3. The van der Waals surface area contributed by atoms with Crippen molar-refractivity contribution in [3.63, 3.8) is 0 Å². The Kier molecular flexibility index (Phi) is 4.43. The number of rotatable bonds is 3. The fourth-order valence-corrected chi connectivity index (χ4v) is 4.21. The van der Waals surface area contributed by atoms with E-state index in [1.165, 1.54) is 25.2 Å². The second-order valence-electron chi connectivity index (χ2n) is 7.75. The zero-order valence-corrected chi connectivity index (χ0v) is 16.8. The predicted molar refractivity (Wildman–Crippen MR) is 111 cm³/mol.